The summed E-state index contributed by atoms with van der Waals surface area (Å²) in [6.07, 6.45) is 3.23. The molecule has 7 heteroatoms. The van der Waals surface area contributed by atoms with Gasteiger partial charge in [0, 0.05) is 37.7 Å². The van der Waals surface area contributed by atoms with E-state index in [1.165, 1.54) is 13.0 Å². The first-order valence-electron chi connectivity index (χ1n) is 10.4. The van der Waals surface area contributed by atoms with E-state index in [1.54, 1.807) is 17.0 Å². The predicted molar refractivity (Wildman–Crippen MR) is 124 cm³/mol. The molecule has 4 aromatic rings. The van der Waals surface area contributed by atoms with Crippen molar-refractivity contribution >= 4 is 34.1 Å². The summed E-state index contributed by atoms with van der Waals surface area (Å²) in [6.45, 7) is 6.18. The molecule has 0 atom stereocenters. The number of phenols is 1. The third kappa shape index (κ3) is 3.28. The summed E-state index contributed by atoms with van der Waals surface area (Å²) in [6, 6.07) is 15.0. The second-order valence-electron chi connectivity index (χ2n) is 8.03. The van der Waals surface area contributed by atoms with Gasteiger partial charge >= 0.3 is 0 Å². The average Bonchev–Trinajstić information content (AvgIpc) is 3.16. The molecular formula is C25H22N4O3. The number of amides is 2. The highest BCUT2D eigenvalue weighted by Crippen LogP contribution is 2.38. The Morgan fingerprint density at radius 1 is 1.16 bits per heavy atom. The molecule has 0 spiro atoms. The fourth-order valence-corrected chi connectivity index (χ4v) is 4.28. The van der Waals surface area contributed by atoms with Crippen molar-refractivity contribution < 1.29 is 14.7 Å². The number of hydrogen-bond acceptors (Lipinski definition) is 4. The van der Waals surface area contributed by atoms with Gasteiger partial charge in [0.2, 0.25) is 11.8 Å². The van der Waals surface area contributed by atoms with Gasteiger partial charge in [-0.25, -0.2) is 4.98 Å². The van der Waals surface area contributed by atoms with Gasteiger partial charge in [-0.1, -0.05) is 30.8 Å². The number of carbonyl (C=O) groups excluding carboxylic acids is 2. The Hall–Kier alpha value is -4.13. The number of nitrogens with zero attached hydrogens (tertiary/aromatic N) is 3. The van der Waals surface area contributed by atoms with Crippen molar-refractivity contribution in [2.45, 2.75) is 12.8 Å². The average molecular weight is 426 g/mol. The first-order chi connectivity index (χ1) is 15.4. The number of anilines is 1. The fourth-order valence-electron chi connectivity index (χ4n) is 4.28. The van der Waals surface area contributed by atoms with Crippen LogP contribution >= 0.6 is 0 Å². The predicted octanol–water partition coefficient (Wildman–Crippen LogP) is 3.93. The van der Waals surface area contributed by atoms with E-state index >= 15 is 0 Å². The quantitative estimate of drug-likeness (QED) is 0.484. The Balaban J connectivity index is 1.64. The maximum Gasteiger partial charge on any atom is 0.245 e. The molecule has 0 saturated carbocycles. The van der Waals surface area contributed by atoms with Crippen LogP contribution in [0.25, 0.3) is 27.5 Å². The molecule has 0 aliphatic carbocycles. The molecule has 160 valence electrons. The lowest BCUT2D eigenvalue weighted by atomic mass is 9.97. The van der Waals surface area contributed by atoms with Crippen molar-refractivity contribution in [3.63, 3.8) is 0 Å². The molecule has 2 aromatic carbocycles. The van der Waals surface area contributed by atoms with Crippen molar-refractivity contribution in [2.24, 2.45) is 0 Å². The number of rotatable bonds is 4. The largest absolute Gasteiger partial charge is 0.508 e. The molecule has 0 unspecified atom stereocenters. The lowest BCUT2D eigenvalue weighted by Crippen LogP contribution is -2.47. The van der Waals surface area contributed by atoms with Crippen LogP contribution in [-0.2, 0) is 9.59 Å². The van der Waals surface area contributed by atoms with E-state index in [0.717, 1.165) is 27.6 Å². The Morgan fingerprint density at radius 2 is 1.94 bits per heavy atom. The number of likely N-dealkylation sites (tertiary alicyclic amines) is 1. The molecule has 7 nitrogen and oxygen atoms in total. The monoisotopic (exact) mass is 426 g/mol. The molecule has 1 saturated heterocycles. The van der Waals surface area contributed by atoms with Crippen molar-refractivity contribution in [2.75, 3.05) is 18.4 Å². The number of phenolic OH excluding ortho intramolecular Hbond substituents is 1. The molecule has 3 heterocycles. The van der Waals surface area contributed by atoms with Gasteiger partial charge in [0.15, 0.2) is 0 Å². The molecule has 2 amide bonds. The first-order valence-corrected chi connectivity index (χ1v) is 10.4. The molecule has 2 aromatic heterocycles. The summed E-state index contributed by atoms with van der Waals surface area (Å²) < 4.78 is 1.86. The number of aromatic nitrogens is 2. The minimum atomic E-state index is -0.204. The summed E-state index contributed by atoms with van der Waals surface area (Å²) in [4.78, 5) is 30.3. The minimum Gasteiger partial charge on any atom is -0.508 e. The second-order valence-corrected chi connectivity index (χ2v) is 8.03. The van der Waals surface area contributed by atoms with E-state index in [1.807, 2.05) is 47.0 Å². The van der Waals surface area contributed by atoms with Gasteiger partial charge in [-0.15, -0.1) is 0 Å². The van der Waals surface area contributed by atoms with Crippen LogP contribution in [-0.4, -0.2) is 44.3 Å². The molecule has 1 fully saturated rings. The third-order valence-electron chi connectivity index (χ3n) is 5.86. The number of pyridine rings is 1. The van der Waals surface area contributed by atoms with Crippen molar-refractivity contribution in [1.82, 2.24) is 14.3 Å². The molecular weight excluding hydrogens is 404 g/mol. The van der Waals surface area contributed by atoms with Crippen LogP contribution in [0.2, 0.25) is 0 Å². The zero-order chi connectivity index (χ0) is 22.4. The Morgan fingerprint density at radius 3 is 2.69 bits per heavy atom. The highest BCUT2D eigenvalue weighted by Gasteiger charge is 2.32. The van der Waals surface area contributed by atoms with Crippen LogP contribution in [0.4, 0.5) is 5.82 Å². The Bertz CT molecular complexity index is 1400. The molecule has 0 bridgehead atoms. The van der Waals surface area contributed by atoms with Gasteiger partial charge in [-0.3, -0.25) is 14.0 Å². The first kappa shape index (κ1) is 19.8. The number of fused-ring (bicyclic) bond motifs is 2. The van der Waals surface area contributed by atoms with Gasteiger partial charge in [-0.2, -0.15) is 0 Å². The highest BCUT2D eigenvalue weighted by atomic mass is 16.3. The SMILES string of the molecule is C=CC(=O)N1CC(c2cn3c(NC(C)=O)c(-c4cc(O)cc5ccccc45)ccc3n2)C1. The van der Waals surface area contributed by atoms with Gasteiger partial charge in [0.25, 0.3) is 0 Å². The number of nitrogens with one attached hydrogen (secondary N) is 1. The van der Waals surface area contributed by atoms with Crippen molar-refractivity contribution in [3.8, 4) is 16.9 Å². The van der Waals surface area contributed by atoms with Crippen LogP contribution in [0.5, 0.6) is 5.75 Å². The van der Waals surface area contributed by atoms with Crippen LogP contribution in [0, 0.1) is 0 Å². The van der Waals surface area contributed by atoms with Gasteiger partial charge < -0.3 is 15.3 Å². The number of aromatic hydroxyl groups is 1. The molecule has 2 N–H and O–H groups in total. The van der Waals surface area contributed by atoms with Gasteiger partial charge in [0.05, 0.1) is 5.69 Å². The topological polar surface area (TPSA) is 86.9 Å². The van der Waals surface area contributed by atoms with E-state index in [0.29, 0.717) is 24.6 Å². The van der Waals surface area contributed by atoms with Crippen LogP contribution in [0.15, 0.2) is 67.4 Å². The number of carbonyl (C=O) groups is 2. The maximum absolute atomic E-state index is 12.1. The molecule has 32 heavy (non-hydrogen) atoms. The Labute approximate surface area is 184 Å². The van der Waals surface area contributed by atoms with E-state index in [4.69, 9.17) is 4.98 Å². The fraction of sp³-hybridized carbons (Fsp3) is 0.160. The van der Waals surface area contributed by atoms with E-state index in [9.17, 15) is 14.7 Å². The van der Waals surface area contributed by atoms with Gasteiger partial charge in [-0.05, 0) is 46.7 Å². The summed E-state index contributed by atoms with van der Waals surface area (Å²) in [5, 5.41) is 15.1. The van der Waals surface area contributed by atoms with Crippen LogP contribution in [0.1, 0.15) is 18.5 Å². The zero-order valence-electron chi connectivity index (χ0n) is 17.6. The summed E-state index contributed by atoms with van der Waals surface area (Å²) in [5.41, 5.74) is 3.15. The highest BCUT2D eigenvalue weighted by molar-refractivity contribution is 6.03. The number of hydrogen-bond donors (Lipinski definition) is 2. The molecule has 0 radical (unpaired) electrons. The summed E-state index contributed by atoms with van der Waals surface area (Å²) >= 11 is 0. The van der Waals surface area contributed by atoms with Gasteiger partial charge in [0.1, 0.15) is 17.2 Å². The lowest BCUT2D eigenvalue weighted by molar-refractivity contribution is -0.130. The molecule has 1 aliphatic heterocycles. The van der Waals surface area contributed by atoms with Crippen molar-refractivity contribution in [1.29, 1.82) is 0 Å². The van der Waals surface area contributed by atoms with Crippen LogP contribution in [0.3, 0.4) is 0 Å². The number of imidazole rings is 1. The molecule has 1 aliphatic rings. The second kappa shape index (κ2) is 7.53. The van der Waals surface area contributed by atoms with Crippen molar-refractivity contribution in [3.05, 3.63) is 73.1 Å². The maximum atomic E-state index is 12.1. The zero-order valence-corrected chi connectivity index (χ0v) is 17.6. The summed E-state index contributed by atoms with van der Waals surface area (Å²) in [5.74, 6) is 0.587. The summed E-state index contributed by atoms with van der Waals surface area (Å²) in [7, 11) is 0. The Kier molecular flexibility index (Phi) is 4.66. The van der Waals surface area contributed by atoms with E-state index in [2.05, 4.69) is 11.9 Å². The minimum absolute atomic E-state index is 0.0815. The van der Waals surface area contributed by atoms with E-state index < -0.39 is 0 Å². The third-order valence-corrected chi connectivity index (χ3v) is 5.86. The molecule has 5 rings (SSSR count). The normalized spacial score (nSPS) is 13.8. The van der Waals surface area contributed by atoms with Crippen LogP contribution < -0.4 is 5.32 Å². The lowest BCUT2D eigenvalue weighted by Gasteiger charge is -2.37. The smallest absolute Gasteiger partial charge is 0.245 e. The van der Waals surface area contributed by atoms with E-state index in [-0.39, 0.29) is 23.5 Å². The standard InChI is InChI=1S/C25H22N4O3/c1-3-24(32)28-12-17(13-28)22-14-29-23(27-22)9-8-20(25(29)26-15(2)30)21-11-18(31)10-16-6-4-5-7-19(16)21/h3-11,14,17,31H,1,12-13H2,2H3,(H,26,30). The number of benzene rings is 2.